The van der Waals surface area contributed by atoms with Crippen LogP contribution in [0.25, 0.3) is 0 Å². The van der Waals surface area contributed by atoms with Crippen LogP contribution in [0.5, 0.6) is 5.75 Å². The maximum Gasteiger partial charge on any atom is 0.195 e. The van der Waals surface area contributed by atoms with Gasteiger partial charge in [0.05, 0.1) is 12.1 Å². The molecule has 5 heteroatoms. The van der Waals surface area contributed by atoms with Crippen LogP contribution in [0.15, 0.2) is 40.9 Å². The van der Waals surface area contributed by atoms with Gasteiger partial charge in [0.15, 0.2) is 5.78 Å². The average Bonchev–Trinajstić information content (AvgIpc) is 2.41. The van der Waals surface area contributed by atoms with Gasteiger partial charge in [-0.05, 0) is 46.3 Å². The van der Waals surface area contributed by atoms with Crippen LogP contribution in [0, 0.1) is 5.82 Å². The summed E-state index contributed by atoms with van der Waals surface area (Å²) in [6.45, 7) is 0. The number of methoxy groups -OCH3 is 1. The maximum atomic E-state index is 13.4. The first-order valence-electron chi connectivity index (χ1n) is 5.37. The van der Waals surface area contributed by atoms with Gasteiger partial charge in [0.1, 0.15) is 11.6 Å². The number of benzene rings is 2. The summed E-state index contributed by atoms with van der Waals surface area (Å²) in [5.74, 6) is -0.343. The van der Waals surface area contributed by atoms with Crippen LogP contribution < -0.4 is 4.74 Å². The van der Waals surface area contributed by atoms with Crippen molar-refractivity contribution in [1.82, 2.24) is 0 Å². The highest BCUT2D eigenvalue weighted by molar-refractivity contribution is 9.10. The quantitative estimate of drug-likeness (QED) is 0.768. The van der Waals surface area contributed by atoms with E-state index in [0.717, 1.165) is 0 Å². The number of hydrogen-bond acceptors (Lipinski definition) is 2. The van der Waals surface area contributed by atoms with Crippen molar-refractivity contribution >= 4 is 33.3 Å². The normalized spacial score (nSPS) is 10.3. The topological polar surface area (TPSA) is 26.3 Å². The van der Waals surface area contributed by atoms with E-state index in [1.54, 1.807) is 18.2 Å². The van der Waals surface area contributed by atoms with Gasteiger partial charge in [-0.25, -0.2) is 4.39 Å². The first-order valence-corrected chi connectivity index (χ1v) is 6.54. The number of carbonyl (C=O) groups is 1. The summed E-state index contributed by atoms with van der Waals surface area (Å²) in [6, 6.07) is 9.08. The molecule has 0 radical (unpaired) electrons. The molecule has 0 saturated carbocycles. The summed E-state index contributed by atoms with van der Waals surface area (Å²) >= 11 is 9.10. The van der Waals surface area contributed by atoms with Gasteiger partial charge in [0, 0.05) is 15.6 Å². The minimum Gasteiger partial charge on any atom is -0.497 e. The number of halogens is 3. The monoisotopic (exact) mass is 342 g/mol. The predicted molar refractivity (Wildman–Crippen MR) is 75.5 cm³/mol. The van der Waals surface area contributed by atoms with E-state index in [4.69, 9.17) is 16.3 Å². The molecular formula is C14H9BrClFO2. The Morgan fingerprint density at radius 3 is 2.63 bits per heavy atom. The Labute approximate surface area is 123 Å². The van der Waals surface area contributed by atoms with E-state index in [9.17, 15) is 9.18 Å². The smallest absolute Gasteiger partial charge is 0.195 e. The molecule has 0 aromatic heterocycles. The molecule has 0 heterocycles. The Balaban J connectivity index is 2.47. The first-order chi connectivity index (χ1) is 9.04. The molecule has 0 amide bonds. The first kappa shape index (κ1) is 14.0. The lowest BCUT2D eigenvalue weighted by Crippen LogP contribution is -2.04. The van der Waals surface area contributed by atoms with Crippen molar-refractivity contribution in [3.8, 4) is 5.75 Å². The summed E-state index contributed by atoms with van der Waals surface area (Å²) in [4.78, 5) is 12.3. The van der Waals surface area contributed by atoms with Gasteiger partial charge in [0.2, 0.25) is 0 Å². The predicted octanol–water partition coefficient (Wildman–Crippen LogP) is 4.48. The van der Waals surface area contributed by atoms with E-state index in [1.807, 2.05) is 0 Å². The fourth-order valence-corrected chi connectivity index (χ4v) is 2.38. The van der Waals surface area contributed by atoms with Gasteiger partial charge in [-0.2, -0.15) is 0 Å². The molecule has 2 nitrogen and oxygen atoms in total. The van der Waals surface area contributed by atoms with E-state index in [-0.39, 0.29) is 16.4 Å². The zero-order chi connectivity index (χ0) is 14.0. The third-order valence-corrected chi connectivity index (χ3v) is 3.66. The van der Waals surface area contributed by atoms with Gasteiger partial charge in [-0.1, -0.05) is 17.7 Å². The lowest BCUT2D eigenvalue weighted by molar-refractivity contribution is 0.103. The Morgan fingerprint density at radius 2 is 2.00 bits per heavy atom. The number of ketones is 1. The fourth-order valence-electron chi connectivity index (χ4n) is 1.63. The van der Waals surface area contributed by atoms with Crippen LogP contribution in [0.4, 0.5) is 4.39 Å². The van der Waals surface area contributed by atoms with Crippen LogP contribution in [-0.4, -0.2) is 12.9 Å². The van der Waals surface area contributed by atoms with Gasteiger partial charge in [0.25, 0.3) is 0 Å². The van der Waals surface area contributed by atoms with Crippen molar-refractivity contribution in [2.45, 2.75) is 0 Å². The molecule has 2 aromatic rings. The third-order valence-electron chi connectivity index (χ3n) is 2.62. The Hall–Kier alpha value is -1.39. The Kier molecular flexibility index (Phi) is 4.22. The minimum atomic E-state index is -0.614. The second kappa shape index (κ2) is 5.72. The van der Waals surface area contributed by atoms with E-state index < -0.39 is 5.82 Å². The molecule has 0 spiro atoms. The molecule has 0 unspecified atom stereocenters. The molecular weight excluding hydrogens is 335 g/mol. The standard InChI is InChI=1S/C14H9BrClFO2/c1-19-8-5-6-9(11(15)7-8)14(18)10-3-2-4-12(17)13(10)16/h2-7H,1H3. The largest absolute Gasteiger partial charge is 0.497 e. The minimum absolute atomic E-state index is 0.132. The zero-order valence-corrected chi connectivity index (χ0v) is 12.3. The summed E-state index contributed by atoms with van der Waals surface area (Å²) in [5.41, 5.74) is 0.529. The van der Waals surface area contributed by atoms with Crippen molar-refractivity contribution in [2.24, 2.45) is 0 Å². The SMILES string of the molecule is COc1ccc(C(=O)c2cccc(F)c2Cl)c(Br)c1. The molecule has 98 valence electrons. The zero-order valence-electron chi connectivity index (χ0n) is 9.91. The van der Waals surface area contributed by atoms with E-state index in [0.29, 0.717) is 15.8 Å². The van der Waals surface area contributed by atoms with Crippen molar-refractivity contribution < 1.29 is 13.9 Å². The molecule has 0 aliphatic rings. The summed E-state index contributed by atoms with van der Waals surface area (Å²) in [6.07, 6.45) is 0. The second-order valence-corrected chi connectivity index (χ2v) is 5.01. The molecule has 0 saturated heterocycles. The van der Waals surface area contributed by atoms with Crippen LogP contribution in [0.1, 0.15) is 15.9 Å². The van der Waals surface area contributed by atoms with E-state index in [1.165, 1.54) is 25.3 Å². The number of rotatable bonds is 3. The summed E-state index contributed by atoms with van der Waals surface area (Å²) in [7, 11) is 1.53. The molecule has 0 aliphatic heterocycles. The lowest BCUT2D eigenvalue weighted by Gasteiger charge is -2.08. The van der Waals surface area contributed by atoms with Crippen molar-refractivity contribution in [3.63, 3.8) is 0 Å². The third kappa shape index (κ3) is 2.80. The average molecular weight is 344 g/mol. The van der Waals surface area contributed by atoms with Crippen molar-refractivity contribution in [1.29, 1.82) is 0 Å². The van der Waals surface area contributed by atoms with Gasteiger partial charge < -0.3 is 4.74 Å². The summed E-state index contributed by atoms with van der Waals surface area (Å²) in [5, 5.41) is -0.171. The van der Waals surface area contributed by atoms with Gasteiger partial charge in [-0.3, -0.25) is 4.79 Å². The molecule has 0 N–H and O–H groups in total. The highest BCUT2D eigenvalue weighted by Gasteiger charge is 2.17. The van der Waals surface area contributed by atoms with Crippen molar-refractivity contribution in [2.75, 3.05) is 7.11 Å². The molecule has 19 heavy (non-hydrogen) atoms. The highest BCUT2D eigenvalue weighted by atomic mass is 79.9. The van der Waals surface area contributed by atoms with Crippen LogP contribution in [0.3, 0.4) is 0 Å². The molecule has 0 atom stereocenters. The van der Waals surface area contributed by atoms with Crippen LogP contribution >= 0.6 is 27.5 Å². The number of carbonyl (C=O) groups excluding carboxylic acids is 1. The lowest BCUT2D eigenvalue weighted by atomic mass is 10.0. The van der Waals surface area contributed by atoms with Crippen LogP contribution in [0.2, 0.25) is 5.02 Å². The van der Waals surface area contributed by atoms with Crippen molar-refractivity contribution in [3.05, 3.63) is 62.8 Å². The Bertz CT molecular complexity index is 643. The highest BCUT2D eigenvalue weighted by Crippen LogP contribution is 2.28. The van der Waals surface area contributed by atoms with E-state index in [2.05, 4.69) is 15.9 Å². The van der Waals surface area contributed by atoms with E-state index >= 15 is 0 Å². The number of ether oxygens (including phenoxy) is 1. The molecule has 2 rings (SSSR count). The maximum absolute atomic E-state index is 13.4. The van der Waals surface area contributed by atoms with Gasteiger partial charge >= 0.3 is 0 Å². The second-order valence-electron chi connectivity index (χ2n) is 3.78. The molecule has 0 aliphatic carbocycles. The number of hydrogen-bond donors (Lipinski definition) is 0. The Morgan fingerprint density at radius 1 is 1.26 bits per heavy atom. The van der Waals surface area contributed by atoms with Crippen LogP contribution in [-0.2, 0) is 0 Å². The summed E-state index contributed by atoms with van der Waals surface area (Å²) < 4.78 is 19.0. The fraction of sp³-hybridized carbons (Fsp3) is 0.0714. The molecule has 0 fully saturated rings. The molecule has 2 aromatic carbocycles. The van der Waals surface area contributed by atoms with Gasteiger partial charge in [-0.15, -0.1) is 0 Å². The molecule has 0 bridgehead atoms.